The SMILES string of the molecule is CC.CNCCC1(C)CCC1C. The van der Waals surface area contributed by atoms with E-state index in [9.17, 15) is 0 Å². The van der Waals surface area contributed by atoms with Gasteiger partial charge < -0.3 is 5.32 Å². The monoisotopic (exact) mass is 171 g/mol. The summed E-state index contributed by atoms with van der Waals surface area (Å²) >= 11 is 0. The summed E-state index contributed by atoms with van der Waals surface area (Å²) < 4.78 is 0. The zero-order valence-corrected chi connectivity index (χ0v) is 9.41. The Bertz CT molecular complexity index is 112. The summed E-state index contributed by atoms with van der Waals surface area (Å²) in [7, 11) is 2.03. The van der Waals surface area contributed by atoms with Gasteiger partial charge in [-0.3, -0.25) is 0 Å². The van der Waals surface area contributed by atoms with Crippen molar-refractivity contribution in [2.24, 2.45) is 11.3 Å². The van der Waals surface area contributed by atoms with E-state index in [2.05, 4.69) is 19.2 Å². The highest BCUT2D eigenvalue weighted by Gasteiger charge is 2.38. The van der Waals surface area contributed by atoms with E-state index < -0.39 is 0 Å². The lowest BCUT2D eigenvalue weighted by atomic mass is 9.60. The second-order valence-electron chi connectivity index (χ2n) is 3.95. The molecule has 0 amide bonds. The fourth-order valence-corrected chi connectivity index (χ4v) is 1.71. The molecule has 0 bridgehead atoms. The molecule has 1 nitrogen and oxygen atoms in total. The van der Waals surface area contributed by atoms with Crippen molar-refractivity contribution in [2.45, 2.75) is 47.0 Å². The van der Waals surface area contributed by atoms with Gasteiger partial charge in [0, 0.05) is 0 Å². The Labute approximate surface area is 77.9 Å². The molecule has 0 aromatic carbocycles. The molecule has 0 spiro atoms. The molecule has 12 heavy (non-hydrogen) atoms. The molecule has 0 heterocycles. The minimum Gasteiger partial charge on any atom is -0.320 e. The van der Waals surface area contributed by atoms with Gasteiger partial charge in [0.2, 0.25) is 0 Å². The van der Waals surface area contributed by atoms with Crippen LogP contribution in [0.25, 0.3) is 0 Å². The molecule has 0 aromatic rings. The molecule has 0 aliphatic heterocycles. The minimum absolute atomic E-state index is 0.670. The molecule has 1 rings (SSSR count). The van der Waals surface area contributed by atoms with Crippen LogP contribution in [0.4, 0.5) is 0 Å². The molecular weight excluding hydrogens is 146 g/mol. The van der Waals surface area contributed by atoms with Gasteiger partial charge in [-0.2, -0.15) is 0 Å². The van der Waals surface area contributed by atoms with Crippen molar-refractivity contribution in [2.75, 3.05) is 13.6 Å². The third-order valence-corrected chi connectivity index (χ3v) is 3.28. The van der Waals surface area contributed by atoms with Crippen molar-refractivity contribution >= 4 is 0 Å². The predicted octanol–water partition coefficient (Wildman–Crippen LogP) is 3.06. The molecule has 1 aliphatic carbocycles. The van der Waals surface area contributed by atoms with Crippen LogP contribution in [0.2, 0.25) is 0 Å². The van der Waals surface area contributed by atoms with E-state index in [-0.39, 0.29) is 0 Å². The summed E-state index contributed by atoms with van der Waals surface area (Å²) in [6.07, 6.45) is 4.24. The molecule has 2 atom stereocenters. The lowest BCUT2D eigenvalue weighted by molar-refractivity contribution is 0.0563. The maximum Gasteiger partial charge on any atom is -0.00466 e. The van der Waals surface area contributed by atoms with E-state index >= 15 is 0 Å². The van der Waals surface area contributed by atoms with Gasteiger partial charge in [0.1, 0.15) is 0 Å². The number of hydrogen-bond acceptors (Lipinski definition) is 1. The largest absolute Gasteiger partial charge is 0.320 e. The first-order valence-corrected chi connectivity index (χ1v) is 5.33. The second-order valence-corrected chi connectivity index (χ2v) is 3.95. The highest BCUT2D eigenvalue weighted by atomic mass is 14.8. The lowest BCUT2D eigenvalue weighted by Crippen LogP contribution is -2.37. The minimum atomic E-state index is 0.670. The Hall–Kier alpha value is -0.0400. The first-order chi connectivity index (χ1) is 5.69. The Morgan fingerprint density at radius 1 is 1.42 bits per heavy atom. The standard InChI is InChI=1S/C9H19N.C2H6/c1-8-4-5-9(8,2)6-7-10-3;1-2/h8,10H,4-7H2,1-3H3;1-2H3. The Balaban J connectivity index is 0.000000561. The van der Waals surface area contributed by atoms with E-state index in [1.807, 2.05) is 20.9 Å². The molecule has 1 aliphatic rings. The third kappa shape index (κ3) is 2.78. The number of hydrogen-bond donors (Lipinski definition) is 1. The van der Waals surface area contributed by atoms with Crippen LogP contribution in [0.1, 0.15) is 47.0 Å². The first-order valence-electron chi connectivity index (χ1n) is 5.33. The van der Waals surface area contributed by atoms with Gasteiger partial charge in [-0.25, -0.2) is 0 Å². The zero-order chi connectivity index (χ0) is 9.61. The normalized spacial score (nSPS) is 33.2. The van der Waals surface area contributed by atoms with Crippen molar-refractivity contribution in [1.82, 2.24) is 5.32 Å². The van der Waals surface area contributed by atoms with Gasteiger partial charge in [0.05, 0.1) is 0 Å². The highest BCUT2D eigenvalue weighted by Crippen LogP contribution is 2.48. The van der Waals surface area contributed by atoms with Gasteiger partial charge in [-0.1, -0.05) is 27.7 Å². The third-order valence-electron chi connectivity index (χ3n) is 3.28. The van der Waals surface area contributed by atoms with Crippen molar-refractivity contribution in [3.63, 3.8) is 0 Å². The van der Waals surface area contributed by atoms with Crippen LogP contribution in [0.15, 0.2) is 0 Å². The molecule has 1 saturated carbocycles. The topological polar surface area (TPSA) is 12.0 Å². The average molecular weight is 171 g/mol. The summed E-state index contributed by atoms with van der Waals surface area (Å²) in [5.74, 6) is 0.959. The highest BCUT2D eigenvalue weighted by molar-refractivity contribution is 4.89. The Morgan fingerprint density at radius 2 is 2.00 bits per heavy atom. The summed E-state index contributed by atoms with van der Waals surface area (Å²) in [6, 6.07) is 0. The average Bonchev–Trinajstić information content (AvgIpc) is 2.15. The van der Waals surface area contributed by atoms with E-state index in [4.69, 9.17) is 0 Å². The number of nitrogens with one attached hydrogen (secondary N) is 1. The maximum absolute atomic E-state index is 3.21. The van der Waals surface area contributed by atoms with E-state index in [1.165, 1.54) is 25.8 Å². The van der Waals surface area contributed by atoms with E-state index in [0.29, 0.717) is 5.41 Å². The van der Waals surface area contributed by atoms with Crippen LogP contribution in [0, 0.1) is 11.3 Å². The van der Waals surface area contributed by atoms with Gasteiger partial charge >= 0.3 is 0 Å². The predicted molar refractivity (Wildman–Crippen MR) is 56.4 cm³/mol. The molecule has 1 fully saturated rings. The van der Waals surface area contributed by atoms with Gasteiger partial charge in [-0.15, -0.1) is 0 Å². The first kappa shape index (κ1) is 12.0. The summed E-state index contributed by atoms with van der Waals surface area (Å²) in [4.78, 5) is 0. The fraction of sp³-hybridized carbons (Fsp3) is 1.00. The Kier molecular flexibility index (Phi) is 5.56. The summed E-state index contributed by atoms with van der Waals surface area (Å²) in [6.45, 7) is 9.97. The van der Waals surface area contributed by atoms with Gasteiger partial charge in [0.25, 0.3) is 0 Å². The summed E-state index contributed by atoms with van der Waals surface area (Å²) in [5, 5.41) is 3.21. The smallest absolute Gasteiger partial charge is 0.00466 e. The van der Waals surface area contributed by atoms with Crippen LogP contribution in [-0.4, -0.2) is 13.6 Å². The van der Waals surface area contributed by atoms with E-state index in [0.717, 1.165) is 5.92 Å². The number of rotatable bonds is 3. The Morgan fingerprint density at radius 3 is 2.25 bits per heavy atom. The molecule has 0 radical (unpaired) electrons. The molecule has 1 N–H and O–H groups in total. The van der Waals surface area contributed by atoms with E-state index in [1.54, 1.807) is 0 Å². The van der Waals surface area contributed by atoms with Gasteiger partial charge in [-0.05, 0) is 44.2 Å². The van der Waals surface area contributed by atoms with Crippen LogP contribution in [0.5, 0.6) is 0 Å². The second kappa shape index (κ2) is 5.58. The molecule has 1 heteroatoms. The molecule has 0 aromatic heterocycles. The van der Waals surface area contributed by atoms with Crippen molar-refractivity contribution in [3.8, 4) is 0 Å². The molecule has 0 saturated heterocycles. The molecular formula is C11H25N. The van der Waals surface area contributed by atoms with Crippen molar-refractivity contribution < 1.29 is 0 Å². The maximum atomic E-state index is 3.21. The molecule has 2 unspecified atom stereocenters. The van der Waals surface area contributed by atoms with Crippen LogP contribution in [0.3, 0.4) is 0 Å². The van der Waals surface area contributed by atoms with Crippen LogP contribution in [-0.2, 0) is 0 Å². The van der Waals surface area contributed by atoms with Crippen molar-refractivity contribution in [3.05, 3.63) is 0 Å². The van der Waals surface area contributed by atoms with Crippen LogP contribution < -0.4 is 5.32 Å². The quantitative estimate of drug-likeness (QED) is 0.688. The lowest BCUT2D eigenvalue weighted by Gasteiger charge is -2.45. The van der Waals surface area contributed by atoms with Gasteiger partial charge in [0.15, 0.2) is 0 Å². The van der Waals surface area contributed by atoms with Crippen LogP contribution >= 0.6 is 0 Å². The fourth-order valence-electron chi connectivity index (χ4n) is 1.71. The zero-order valence-electron chi connectivity index (χ0n) is 9.41. The molecule has 74 valence electrons. The van der Waals surface area contributed by atoms with Crippen molar-refractivity contribution in [1.29, 1.82) is 0 Å². The summed E-state index contributed by atoms with van der Waals surface area (Å²) in [5.41, 5.74) is 0.670.